The number of hydrogen-bond acceptors (Lipinski definition) is 5. The minimum atomic E-state index is -0.591. The molecule has 0 fully saturated rings. The second-order valence-electron chi connectivity index (χ2n) is 3.83. The molecule has 1 aromatic heterocycles. The number of thiazole rings is 1. The molecule has 2 aromatic rings. The molecule has 19 heavy (non-hydrogen) atoms. The number of hydrogen-bond donors (Lipinski definition) is 0. The number of rotatable bonds is 5. The van der Waals surface area contributed by atoms with Crippen LogP contribution in [0.4, 0.5) is 10.1 Å². The molecule has 1 aromatic carbocycles. The summed E-state index contributed by atoms with van der Waals surface area (Å²) in [6, 6.07) is 3.17. The molecular weight excluding hydrogens is 271 g/mol. The van der Waals surface area contributed by atoms with Gasteiger partial charge in [0.05, 0.1) is 22.7 Å². The number of nitro groups is 1. The predicted octanol–water partition coefficient (Wildman–Crippen LogP) is 3.12. The van der Waals surface area contributed by atoms with Gasteiger partial charge in [-0.3, -0.25) is 10.1 Å². The van der Waals surface area contributed by atoms with Gasteiger partial charge in [-0.05, 0) is 13.0 Å². The van der Waals surface area contributed by atoms with E-state index in [4.69, 9.17) is 4.74 Å². The molecule has 2 rings (SSSR count). The molecule has 0 unspecified atom stereocenters. The molecule has 1 heterocycles. The molecule has 7 heteroatoms. The molecule has 0 atom stereocenters. The molecule has 0 saturated heterocycles. The van der Waals surface area contributed by atoms with Crippen LogP contribution in [-0.2, 0) is 6.42 Å². The van der Waals surface area contributed by atoms with E-state index in [2.05, 4.69) is 4.98 Å². The van der Waals surface area contributed by atoms with Crippen LogP contribution in [0.1, 0.15) is 10.6 Å². The maximum absolute atomic E-state index is 13.1. The molecule has 0 aliphatic heterocycles. The van der Waals surface area contributed by atoms with Crippen molar-refractivity contribution in [2.24, 2.45) is 0 Å². The van der Waals surface area contributed by atoms with Crippen molar-refractivity contribution in [3.63, 3.8) is 0 Å². The van der Waals surface area contributed by atoms with Crippen molar-refractivity contribution in [3.8, 4) is 5.75 Å². The lowest BCUT2D eigenvalue weighted by atomic mass is 10.3. The van der Waals surface area contributed by atoms with Gasteiger partial charge in [0, 0.05) is 23.4 Å². The van der Waals surface area contributed by atoms with Gasteiger partial charge in [-0.2, -0.15) is 0 Å². The van der Waals surface area contributed by atoms with Gasteiger partial charge < -0.3 is 4.74 Å². The summed E-state index contributed by atoms with van der Waals surface area (Å²) in [4.78, 5) is 15.3. The minimum Gasteiger partial charge on any atom is -0.486 e. The zero-order valence-corrected chi connectivity index (χ0v) is 10.9. The van der Waals surface area contributed by atoms with Crippen LogP contribution in [0.25, 0.3) is 0 Å². The molecule has 0 N–H and O–H groups in total. The van der Waals surface area contributed by atoms with Crippen molar-refractivity contribution in [2.75, 3.05) is 6.61 Å². The quantitative estimate of drug-likeness (QED) is 0.624. The fraction of sp³-hybridized carbons (Fsp3) is 0.250. The molecule has 100 valence electrons. The van der Waals surface area contributed by atoms with Crippen molar-refractivity contribution >= 4 is 17.0 Å². The van der Waals surface area contributed by atoms with Gasteiger partial charge in [-0.25, -0.2) is 9.37 Å². The molecule has 0 bridgehead atoms. The van der Waals surface area contributed by atoms with Crippen LogP contribution in [0.15, 0.2) is 23.7 Å². The van der Waals surface area contributed by atoms with E-state index >= 15 is 0 Å². The third-order valence-corrected chi connectivity index (χ3v) is 3.54. The summed E-state index contributed by atoms with van der Waals surface area (Å²) in [5.41, 5.74) is 2.42. The van der Waals surface area contributed by atoms with Crippen LogP contribution in [-0.4, -0.2) is 16.5 Å². The first-order chi connectivity index (χ1) is 9.08. The van der Waals surface area contributed by atoms with Crippen LogP contribution in [0.3, 0.4) is 0 Å². The number of halogens is 1. The Morgan fingerprint density at radius 3 is 2.95 bits per heavy atom. The second-order valence-corrected chi connectivity index (χ2v) is 4.77. The largest absolute Gasteiger partial charge is 0.486 e. The number of aryl methyl sites for hydroxylation is 1. The van der Waals surface area contributed by atoms with Crippen molar-refractivity contribution in [3.05, 3.63) is 50.2 Å². The summed E-state index contributed by atoms with van der Waals surface area (Å²) >= 11 is 1.50. The minimum absolute atomic E-state index is 0.0489. The van der Waals surface area contributed by atoms with Crippen LogP contribution in [0, 0.1) is 22.9 Å². The molecule has 0 aliphatic carbocycles. The average molecular weight is 282 g/mol. The monoisotopic (exact) mass is 282 g/mol. The smallest absolute Gasteiger partial charge is 0.311 e. The Kier molecular flexibility index (Phi) is 4.06. The molecule has 0 radical (unpaired) electrons. The number of aromatic nitrogens is 1. The van der Waals surface area contributed by atoms with Gasteiger partial charge >= 0.3 is 5.69 Å². The van der Waals surface area contributed by atoms with E-state index in [-0.39, 0.29) is 18.0 Å². The molecular formula is C12H11FN2O3S. The normalized spacial score (nSPS) is 10.4. The van der Waals surface area contributed by atoms with Crippen molar-refractivity contribution in [2.45, 2.75) is 13.3 Å². The molecule has 0 spiro atoms. The fourth-order valence-corrected chi connectivity index (χ4v) is 2.34. The first kappa shape index (κ1) is 13.4. The molecule has 0 amide bonds. The highest BCUT2D eigenvalue weighted by Crippen LogP contribution is 2.27. The molecule has 0 saturated carbocycles. The Morgan fingerprint density at radius 1 is 1.53 bits per heavy atom. The van der Waals surface area contributed by atoms with Gasteiger partial charge in [0.15, 0.2) is 5.75 Å². The van der Waals surface area contributed by atoms with Gasteiger partial charge in [0.25, 0.3) is 0 Å². The first-order valence-electron chi connectivity index (χ1n) is 5.53. The summed E-state index contributed by atoms with van der Waals surface area (Å²) in [7, 11) is 0. The second kappa shape index (κ2) is 5.75. The Morgan fingerprint density at radius 2 is 2.32 bits per heavy atom. The lowest BCUT2D eigenvalue weighted by molar-refractivity contribution is -0.385. The third kappa shape index (κ3) is 3.25. The maximum Gasteiger partial charge on any atom is 0.311 e. The number of nitro benzene ring substituents is 1. The summed E-state index contributed by atoms with van der Waals surface area (Å²) in [6.07, 6.45) is 0.587. The van der Waals surface area contributed by atoms with E-state index in [0.717, 1.165) is 28.8 Å². The van der Waals surface area contributed by atoms with Crippen molar-refractivity contribution < 1.29 is 14.1 Å². The van der Waals surface area contributed by atoms with Gasteiger partial charge in [0.1, 0.15) is 5.82 Å². The van der Waals surface area contributed by atoms with E-state index in [1.54, 1.807) is 5.51 Å². The molecule has 0 aliphatic rings. The van der Waals surface area contributed by atoms with Gasteiger partial charge in [0.2, 0.25) is 0 Å². The standard InChI is InChI=1S/C12H11FN2O3S/c1-8-12(19-7-14-8)4-5-18-11-6-9(13)2-3-10(11)15(16)17/h2-3,6-7H,4-5H2,1H3. The van der Waals surface area contributed by atoms with Crippen LogP contribution in [0.2, 0.25) is 0 Å². The maximum atomic E-state index is 13.1. The number of benzene rings is 1. The highest BCUT2D eigenvalue weighted by Gasteiger charge is 2.16. The van der Waals surface area contributed by atoms with Crippen molar-refractivity contribution in [1.82, 2.24) is 4.98 Å². The number of ether oxygens (including phenoxy) is 1. The van der Waals surface area contributed by atoms with Gasteiger partial charge in [-0.1, -0.05) is 0 Å². The van der Waals surface area contributed by atoms with Crippen molar-refractivity contribution in [1.29, 1.82) is 0 Å². The molecule has 5 nitrogen and oxygen atoms in total. The lowest BCUT2D eigenvalue weighted by Gasteiger charge is -2.06. The van der Waals surface area contributed by atoms with Crippen LogP contribution >= 0.6 is 11.3 Å². The summed E-state index contributed by atoms with van der Waals surface area (Å²) in [5.74, 6) is -0.610. The van der Waals surface area contributed by atoms with E-state index in [1.165, 1.54) is 11.3 Å². The third-order valence-electron chi connectivity index (χ3n) is 2.55. The predicted molar refractivity (Wildman–Crippen MR) is 69.1 cm³/mol. The lowest BCUT2D eigenvalue weighted by Crippen LogP contribution is -2.03. The van der Waals surface area contributed by atoms with E-state index < -0.39 is 10.7 Å². The highest BCUT2D eigenvalue weighted by molar-refractivity contribution is 7.09. The van der Waals surface area contributed by atoms with Crippen LogP contribution in [0.5, 0.6) is 5.75 Å². The zero-order valence-electron chi connectivity index (χ0n) is 10.1. The Bertz CT molecular complexity index is 600. The Hall–Kier alpha value is -2.02. The number of nitrogens with zero attached hydrogens (tertiary/aromatic N) is 2. The topological polar surface area (TPSA) is 65.3 Å². The summed E-state index contributed by atoms with van der Waals surface area (Å²) in [6.45, 7) is 2.13. The highest BCUT2D eigenvalue weighted by atomic mass is 32.1. The van der Waals surface area contributed by atoms with E-state index in [0.29, 0.717) is 6.42 Å². The first-order valence-corrected chi connectivity index (χ1v) is 6.41. The Balaban J connectivity index is 2.05. The summed E-state index contributed by atoms with van der Waals surface area (Å²) < 4.78 is 18.4. The van der Waals surface area contributed by atoms with Crippen LogP contribution < -0.4 is 4.74 Å². The fourth-order valence-electron chi connectivity index (χ4n) is 1.57. The average Bonchev–Trinajstić information content (AvgIpc) is 2.75. The van der Waals surface area contributed by atoms with Gasteiger partial charge in [-0.15, -0.1) is 11.3 Å². The zero-order chi connectivity index (χ0) is 13.8. The van der Waals surface area contributed by atoms with E-state index in [1.807, 2.05) is 6.92 Å². The van der Waals surface area contributed by atoms with E-state index in [9.17, 15) is 14.5 Å². The summed E-state index contributed by atoms with van der Waals surface area (Å²) in [5, 5.41) is 10.8. The Labute approximate surface area is 112 Å². The SMILES string of the molecule is Cc1ncsc1CCOc1cc(F)ccc1[N+](=O)[O-].